The van der Waals surface area contributed by atoms with E-state index < -0.39 is 5.97 Å². The zero-order chi connectivity index (χ0) is 13.4. The van der Waals surface area contributed by atoms with Gasteiger partial charge in [0.2, 0.25) is 0 Å². The number of nitrogens with two attached hydrogens (primary N) is 1. The molecule has 0 spiro atoms. The lowest BCUT2D eigenvalue weighted by atomic mass is 10.0. The largest absolute Gasteiger partial charge is 0.477 e. The highest BCUT2D eigenvalue weighted by Crippen LogP contribution is 2.34. The van der Waals surface area contributed by atoms with Gasteiger partial charge in [0, 0.05) is 15.8 Å². The minimum absolute atomic E-state index is 0.353. The molecule has 3 nitrogen and oxygen atoms in total. The predicted octanol–water partition coefficient (Wildman–Crippen LogP) is 3.85. The highest BCUT2D eigenvalue weighted by atomic mass is 32.1. The second kappa shape index (κ2) is 4.40. The summed E-state index contributed by atoms with van der Waals surface area (Å²) in [6.07, 6.45) is 0. The van der Waals surface area contributed by atoms with E-state index in [4.69, 9.17) is 10.8 Å². The van der Waals surface area contributed by atoms with Crippen molar-refractivity contribution in [2.75, 3.05) is 5.73 Å². The molecule has 0 aliphatic carbocycles. The Kier molecular flexibility index (Phi) is 2.72. The number of nitrogen functional groups attached to an aromatic ring is 1. The van der Waals surface area contributed by atoms with Crippen LogP contribution in [0.2, 0.25) is 0 Å². The molecule has 1 aromatic heterocycles. The monoisotopic (exact) mass is 269 g/mol. The second-order valence-electron chi connectivity index (χ2n) is 4.26. The SMILES string of the molecule is Nc1cccc(-c2cccc3sc(C(=O)O)cc23)c1. The normalized spacial score (nSPS) is 10.7. The lowest BCUT2D eigenvalue weighted by Crippen LogP contribution is -1.89. The van der Waals surface area contributed by atoms with Gasteiger partial charge in [0.1, 0.15) is 4.88 Å². The van der Waals surface area contributed by atoms with Gasteiger partial charge in [0.25, 0.3) is 0 Å². The molecule has 2 aromatic carbocycles. The third-order valence-electron chi connectivity index (χ3n) is 2.97. The molecule has 3 N–H and O–H groups in total. The van der Waals surface area contributed by atoms with Gasteiger partial charge in [-0.25, -0.2) is 4.79 Å². The van der Waals surface area contributed by atoms with Crippen LogP contribution in [-0.4, -0.2) is 11.1 Å². The third kappa shape index (κ3) is 2.06. The summed E-state index contributed by atoms with van der Waals surface area (Å²) in [6, 6.07) is 15.2. The zero-order valence-electron chi connectivity index (χ0n) is 9.96. The number of rotatable bonds is 2. The number of carbonyl (C=O) groups is 1. The Bertz CT molecular complexity index is 777. The zero-order valence-corrected chi connectivity index (χ0v) is 10.8. The van der Waals surface area contributed by atoms with Gasteiger partial charge in [-0.2, -0.15) is 0 Å². The molecule has 0 fully saturated rings. The first-order valence-corrected chi connectivity index (χ1v) is 6.58. The maximum Gasteiger partial charge on any atom is 0.345 e. The Morgan fingerprint density at radius 2 is 1.89 bits per heavy atom. The number of benzene rings is 2. The van der Waals surface area contributed by atoms with E-state index in [0.29, 0.717) is 10.6 Å². The van der Waals surface area contributed by atoms with Gasteiger partial charge in [0.05, 0.1) is 0 Å². The minimum Gasteiger partial charge on any atom is -0.477 e. The van der Waals surface area contributed by atoms with Crippen molar-refractivity contribution in [3.05, 3.63) is 53.4 Å². The molecule has 1 heterocycles. The van der Waals surface area contributed by atoms with Crippen LogP contribution in [0.4, 0.5) is 5.69 Å². The Labute approximate surface area is 113 Å². The van der Waals surface area contributed by atoms with E-state index >= 15 is 0 Å². The number of hydrogen-bond donors (Lipinski definition) is 2. The number of carboxylic acid groups (broad SMARTS) is 1. The molecule has 3 rings (SSSR count). The molecule has 0 saturated carbocycles. The molecule has 0 radical (unpaired) electrons. The molecule has 0 unspecified atom stereocenters. The number of carboxylic acids is 1. The molecule has 0 aliphatic rings. The molecule has 94 valence electrons. The first-order chi connectivity index (χ1) is 9.15. The molecule has 4 heteroatoms. The summed E-state index contributed by atoms with van der Waals surface area (Å²) in [5.41, 5.74) is 8.51. The van der Waals surface area contributed by atoms with Crippen molar-refractivity contribution in [2.45, 2.75) is 0 Å². The maximum atomic E-state index is 11.1. The molecule has 0 aliphatic heterocycles. The van der Waals surface area contributed by atoms with Gasteiger partial charge in [-0.05, 0) is 35.4 Å². The summed E-state index contributed by atoms with van der Waals surface area (Å²) in [4.78, 5) is 11.4. The molecule has 0 atom stereocenters. The molecular formula is C15H11NO2S. The Balaban J connectivity index is 2.26. The van der Waals surface area contributed by atoms with Crippen LogP contribution in [0, 0.1) is 0 Å². The van der Waals surface area contributed by atoms with Crippen molar-refractivity contribution >= 4 is 33.1 Å². The highest BCUT2D eigenvalue weighted by molar-refractivity contribution is 7.20. The topological polar surface area (TPSA) is 63.3 Å². The van der Waals surface area contributed by atoms with Crippen molar-refractivity contribution in [3.63, 3.8) is 0 Å². The summed E-state index contributed by atoms with van der Waals surface area (Å²) in [6.45, 7) is 0. The number of thiophene rings is 1. The summed E-state index contributed by atoms with van der Waals surface area (Å²) >= 11 is 1.29. The highest BCUT2D eigenvalue weighted by Gasteiger charge is 2.11. The molecule has 19 heavy (non-hydrogen) atoms. The number of aromatic carboxylic acids is 1. The standard InChI is InChI=1S/C15H11NO2S/c16-10-4-1-3-9(7-10)11-5-2-6-13-12(11)8-14(19-13)15(17)18/h1-8H,16H2,(H,17,18). The van der Waals surface area contributed by atoms with Crippen molar-refractivity contribution in [1.29, 1.82) is 0 Å². The van der Waals surface area contributed by atoms with Gasteiger partial charge in [-0.1, -0.05) is 24.3 Å². The Morgan fingerprint density at radius 1 is 1.11 bits per heavy atom. The van der Waals surface area contributed by atoms with Gasteiger partial charge < -0.3 is 10.8 Å². The smallest absolute Gasteiger partial charge is 0.345 e. The van der Waals surface area contributed by atoms with Crippen LogP contribution < -0.4 is 5.73 Å². The first-order valence-electron chi connectivity index (χ1n) is 5.77. The predicted molar refractivity (Wildman–Crippen MR) is 78.6 cm³/mol. The lowest BCUT2D eigenvalue weighted by Gasteiger charge is -2.04. The van der Waals surface area contributed by atoms with Crippen LogP contribution in [-0.2, 0) is 0 Å². The fraction of sp³-hybridized carbons (Fsp3) is 0. The number of fused-ring (bicyclic) bond motifs is 1. The van der Waals surface area contributed by atoms with E-state index in [1.807, 2.05) is 42.5 Å². The lowest BCUT2D eigenvalue weighted by molar-refractivity contribution is 0.0702. The van der Waals surface area contributed by atoms with E-state index in [1.165, 1.54) is 11.3 Å². The first kappa shape index (κ1) is 11.7. The summed E-state index contributed by atoms with van der Waals surface area (Å²) in [5, 5.41) is 10.0. The van der Waals surface area contributed by atoms with Crippen molar-refractivity contribution in [2.24, 2.45) is 0 Å². The van der Waals surface area contributed by atoms with Crippen LogP contribution in [0.25, 0.3) is 21.2 Å². The maximum absolute atomic E-state index is 11.1. The van der Waals surface area contributed by atoms with E-state index in [-0.39, 0.29) is 0 Å². The quantitative estimate of drug-likeness (QED) is 0.694. The van der Waals surface area contributed by atoms with Crippen LogP contribution >= 0.6 is 11.3 Å². The fourth-order valence-corrected chi connectivity index (χ4v) is 3.05. The van der Waals surface area contributed by atoms with E-state index in [0.717, 1.165) is 21.2 Å². The molecule has 0 bridgehead atoms. The van der Waals surface area contributed by atoms with Gasteiger partial charge >= 0.3 is 5.97 Å². The van der Waals surface area contributed by atoms with Gasteiger partial charge in [-0.3, -0.25) is 0 Å². The summed E-state index contributed by atoms with van der Waals surface area (Å²) in [5.74, 6) is -0.889. The van der Waals surface area contributed by atoms with Crippen molar-refractivity contribution in [1.82, 2.24) is 0 Å². The molecule has 3 aromatic rings. The van der Waals surface area contributed by atoms with Crippen molar-refractivity contribution in [3.8, 4) is 11.1 Å². The van der Waals surface area contributed by atoms with E-state index in [9.17, 15) is 4.79 Å². The number of anilines is 1. The third-order valence-corrected chi connectivity index (χ3v) is 4.06. The Hall–Kier alpha value is -2.33. The van der Waals surface area contributed by atoms with Crippen LogP contribution in [0.3, 0.4) is 0 Å². The molecule has 0 amide bonds. The average molecular weight is 269 g/mol. The molecular weight excluding hydrogens is 258 g/mol. The second-order valence-corrected chi connectivity index (χ2v) is 5.34. The fourth-order valence-electron chi connectivity index (χ4n) is 2.12. The van der Waals surface area contributed by atoms with Crippen LogP contribution in [0.15, 0.2) is 48.5 Å². The summed E-state index contributed by atoms with van der Waals surface area (Å²) in [7, 11) is 0. The molecule has 0 saturated heterocycles. The van der Waals surface area contributed by atoms with Crippen molar-refractivity contribution < 1.29 is 9.90 Å². The van der Waals surface area contributed by atoms with Crippen LogP contribution in [0.1, 0.15) is 9.67 Å². The van der Waals surface area contributed by atoms with E-state index in [2.05, 4.69) is 0 Å². The number of hydrogen-bond acceptors (Lipinski definition) is 3. The van der Waals surface area contributed by atoms with Crippen LogP contribution in [0.5, 0.6) is 0 Å². The Morgan fingerprint density at radius 3 is 2.63 bits per heavy atom. The van der Waals surface area contributed by atoms with Gasteiger partial charge in [-0.15, -0.1) is 11.3 Å². The average Bonchev–Trinajstić information content (AvgIpc) is 2.82. The summed E-state index contributed by atoms with van der Waals surface area (Å²) < 4.78 is 0.970. The van der Waals surface area contributed by atoms with E-state index in [1.54, 1.807) is 6.07 Å². The minimum atomic E-state index is -0.889. The van der Waals surface area contributed by atoms with Gasteiger partial charge in [0.15, 0.2) is 0 Å².